The molecule has 1 heterocycles. The van der Waals surface area contributed by atoms with Crippen molar-refractivity contribution in [1.82, 2.24) is 11.1 Å². The van der Waals surface area contributed by atoms with E-state index in [1.807, 2.05) is 0 Å². The molecule has 1 aliphatic heterocycles. The van der Waals surface area contributed by atoms with Crippen molar-refractivity contribution < 1.29 is 27.2 Å². The molecule has 1 amide bonds. The van der Waals surface area contributed by atoms with Gasteiger partial charge in [0.2, 0.25) is 0 Å². The lowest BCUT2D eigenvalue weighted by molar-refractivity contribution is -0.186. The van der Waals surface area contributed by atoms with Crippen LogP contribution in [-0.2, 0) is 4.79 Å². The smallest absolute Gasteiger partial charge is 0.344 e. The van der Waals surface area contributed by atoms with E-state index in [0.29, 0.717) is 9.37 Å². The first-order valence-electron chi connectivity index (χ1n) is 6.55. The van der Waals surface area contributed by atoms with Gasteiger partial charge < -0.3 is 11.1 Å². The number of ketones is 1. The topological polar surface area (TPSA) is 72.4 Å². The van der Waals surface area contributed by atoms with Crippen molar-refractivity contribution in [3.63, 3.8) is 0 Å². The van der Waals surface area contributed by atoms with Crippen LogP contribution in [0.1, 0.15) is 23.2 Å². The Hall–Kier alpha value is -1.48. The lowest BCUT2D eigenvalue weighted by Gasteiger charge is -2.31. The number of hydrogen-bond acceptors (Lipinski definition) is 3. The second kappa shape index (κ2) is 7.39. The molecule has 2 rings (SSSR count). The van der Waals surface area contributed by atoms with Crippen molar-refractivity contribution in [3.8, 4) is 0 Å². The Morgan fingerprint density at radius 3 is 2.22 bits per heavy atom. The molecule has 0 spiro atoms. The summed E-state index contributed by atoms with van der Waals surface area (Å²) in [5, 5.41) is 0. The van der Waals surface area contributed by atoms with Gasteiger partial charge in [-0.25, -0.2) is 4.39 Å². The number of halogens is 5. The Kier molecular flexibility index (Phi) is 6.29. The highest BCUT2D eigenvalue weighted by Gasteiger charge is 2.43. The number of rotatable bonds is 2. The highest BCUT2D eigenvalue weighted by atomic mass is 79.9. The van der Waals surface area contributed by atoms with Crippen molar-refractivity contribution >= 4 is 27.6 Å². The molecule has 0 unspecified atom stereocenters. The molecule has 0 bridgehead atoms. The van der Waals surface area contributed by atoms with Gasteiger partial charge in [-0.3, -0.25) is 9.59 Å². The summed E-state index contributed by atoms with van der Waals surface area (Å²) in [6.45, 7) is -0.320. The first-order chi connectivity index (χ1) is 10.2. The van der Waals surface area contributed by atoms with Gasteiger partial charge in [0.1, 0.15) is 5.82 Å². The lowest BCUT2D eigenvalue weighted by Crippen LogP contribution is -2.46. The minimum Gasteiger partial charge on any atom is -0.344 e. The van der Waals surface area contributed by atoms with E-state index in [9.17, 15) is 27.2 Å². The van der Waals surface area contributed by atoms with Gasteiger partial charge >= 0.3 is 12.1 Å². The van der Waals surface area contributed by atoms with Crippen molar-refractivity contribution in [2.75, 3.05) is 13.1 Å². The van der Waals surface area contributed by atoms with E-state index in [2.05, 4.69) is 15.9 Å². The Morgan fingerprint density at radius 1 is 1.17 bits per heavy atom. The quantitative estimate of drug-likeness (QED) is 0.609. The maximum atomic E-state index is 13.8. The van der Waals surface area contributed by atoms with Crippen molar-refractivity contribution in [2.45, 2.75) is 19.0 Å². The third-order valence-electron chi connectivity index (χ3n) is 3.59. The number of alkyl halides is 3. The standard InChI is InChI=1S/C14H12BrF4NO2.H3N/c15-9-1-2-10(11(16)7-9)12(21)8-3-5-20(6-4-8)13(22)14(17,18)19;/h1-2,7-8H,3-6H2;1H3. The van der Waals surface area contributed by atoms with Gasteiger partial charge in [-0.05, 0) is 31.0 Å². The first-order valence-corrected chi connectivity index (χ1v) is 7.35. The fraction of sp³-hybridized carbons (Fsp3) is 0.429. The number of benzene rings is 1. The Labute approximate surface area is 138 Å². The van der Waals surface area contributed by atoms with E-state index in [1.165, 1.54) is 12.1 Å². The summed E-state index contributed by atoms with van der Waals surface area (Å²) in [5.74, 6) is -3.58. The van der Waals surface area contributed by atoms with Crippen LogP contribution in [0.3, 0.4) is 0 Å². The number of Topliss-reactive ketones (excluding diaryl/α,β-unsaturated/α-hetero) is 1. The highest BCUT2D eigenvalue weighted by molar-refractivity contribution is 9.10. The molecule has 0 aliphatic carbocycles. The van der Waals surface area contributed by atoms with Crippen LogP contribution in [0, 0.1) is 11.7 Å². The Bertz CT molecular complexity index is 599. The number of carbonyl (C=O) groups excluding carboxylic acids is 2. The molecule has 1 aliphatic rings. The SMILES string of the molecule is N.O=C(c1ccc(Br)cc1F)C1CCN(C(=O)C(F)(F)F)CC1. The van der Waals surface area contributed by atoms with Gasteiger partial charge in [-0.15, -0.1) is 0 Å². The normalized spacial score (nSPS) is 16.0. The summed E-state index contributed by atoms with van der Waals surface area (Å²) in [7, 11) is 0. The van der Waals surface area contributed by atoms with E-state index < -0.39 is 29.6 Å². The summed E-state index contributed by atoms with van der Waals surface area (Å²) in [6.07, 6.45) is -4.72. The fourth-order valence-corrected chi connectivity index (χ4v) is 2.77. The molecule has 3 N–H and O–H groups in total. The van der Waals surface area contributed by atoms with Crippen LogP contribution in [0.15, 0.2) is 22.7 Å². The third kappa shape index (κ3) is 4.51. The van der Waals surface area contributed by atoms with Gasteiger partial charge in [0.15, 0.2) is 5.78 Å². The van der Waals surface area contributed by atoms with Crippen molar-refractivity contribution in [1.29, 1.82) is 0 Å². The molecular formula is C14H15BrF4N2O2. The molecule has 128 valence electrons. The number of nitrogens with zero attached hydrogens (tertiary/aromatic N) is 1. The van der Waals surface area contributed by atoms with E-state index in [1.54, 1.807) is 0 Å². The molecule has 23 heavy (non-hydrogen) atoms. The maximum absolute atomic E-state index is 13.8. The number of piperidine rings is 1. The monoisotopic (exact) mass is 398 g/mol. The number of amides is 1. The van der Waals surface area contributed by atoms with E-state index in [0.717, 1.165) is 6.07 Å². The molecule has 1 saturated heterocycles. The molecule has 9 heteroatoms. The van der Waals surface area contributed by atoms with Crippen molar-refractivity contribution in [3.05, 3.63) is 34.1 Å². The molecular weight excluding hydrogens is 384 g/mol. The molecule has 0 atom stereocenters. The molecule has 1 fully saturated rings. The predicted molar refractivity (Wildman–Crippen MR) is 78.8 cm³/mol. The molecule has 1 aromatic carbocycles. The van der Waals surface area contributed by atoms with Crippen molar-refractivity contribution in [2.24, 2.45) is 5.92 Å². The molecule has 1 aromatic rings. The summed E-state index contributed by atoms with van der Waals surface area (Å²) in [5.41, 5.74) is -0.0798. The van der Waals surface area contributed by atoms with E-state index >= 15 is 0 Å². The highest BCUT2D eigenvalue weighted by Crippen LogP contribution is 2.27. The van der Waals surface area contributed by atoms with E-state index in [-0.39, 0.29) is 37.6 Å². The third-order valence-corrected chi connectivity index (χ3v) is 4.09. The molecule has 4 nitrogen and oxygen atoms in total. The summed E-state index contributed by atoms with van der Waals surface area (Å²) < 4.78 is 51.2. The summed E-state index contributed by atoms with van der Waals surface area (Å²) >= 11 is 3.08. The number of hydrogen-bond donors (Lipinski definition) is 1. The van der Waals surface area contributed by atoms with E-state index in [4.69, 9.17) is 0 Å². The lowest BCUT2D eigenvalue weighted by atomic mass is 9.88. The average molecular weight is 399 g/mol. The van der Waals surface area contributed by atoms with Crippen LogP contribution in [0.2, 0.25) is 0 Å². The zero-order valence-corrected chi connectivity index (χ0v) is 13.6. The van der Waals surface area contributed by atoms with Gasteiger partial charge in [0.05, 0.1) is 5.56 Å². The molecule has 0 saturated carbocycles. The minimum absolute atomic E-state index is 0. The summed E-state index contributed by atoms with van der Waals surface area (Å²) in [4.78, 5) is 24.0. The fourth-order valence-electron chi connectivity index (χ4n) is 2.43. The zero-order chi connectivity index (χ0) is 16.5. The maximum Gasteiger partial charge on any atom is 0.471 e. The zero-order valence-electron chi connectivity index (χ0n) is 12.0. The van der Waals surface area contributed by atoms with Gasteiger partial charge in [0, 0.05) is 23.5 Å². The van der Waals surface area contributed by atoms with Crippen LogP contribution >= 0.6 is 15.9 Å². The van der Waals surface area contributed by atoms with Gasteiger partial charge in [-0.2, -0.15) is 13.2 Å². The average Bonchev–Trinajstić information content (AvgIpc) is 2.45. The van der Waals surface area contributed by atoms with Crippen LogP contribution in [0.25, 0.3) is 0 Å². The van der Waals surface area contributed by atoms with Gasteiger partial charge in [-0.1, -0.05) is 15.9 Å². The molecule has 0 aromatic heterocycles. The molecule has 0 radical (unpaired) electrons. The van der Waals surface area contributed by atoms with Crippen LogP contribution in [0.4, 0.5) is 17.6 Å². The Balaban J connectivity index is 0.00000264. The number of carbonyl (C=O) groups is 2. The van der Waals surface area contributed by atoms with Crippen LogP contribution in [-0.4, -0.2) is 35.9 Å². The van der Waals surface area contributed by atoms with Crippen LogP contribution < -0.4 is 6.15 Å². The Morgan fingerprint density at radius 2 is 1.74 bits per heavy atom. The second-order valence-corrected chi connectivity index (χ2v) is 5.97. The number of likely N-dealkylation sites (tertiary alicyclic amines) is 1. The van der Waals surface area contributed by atoms with Gasteiger partial charge in [0.25, 0.3) is 0 Å². The summed E-state index contributed by atoms with van der Waals surface area (Å²) in [6, 6.07) is 4.03. The van der Waals surface area contributed by atoms with Crippen LogP contribution in [0.5, 0.6) is 0 Å². The first kappa shape index (κ1) is 19.6. The minimum atomic E-state index is -4.91. The second-order valence-electron chi connectivity index (χ2n) is 5.05. The largest absolute Gasteiger partial charge is 0.471 e. The predicted octanol–water partition coefficient (Wildman–Crippen LogP) is 3.73.